The summed E-state index contributed by atoms with van der Waals surface area (Å²) in [5, 5.41) is 0.568. The van der Waals surface area contributed by atoms with Crippen LogP contribution < -0.4 is 0 Å². The Hall–Kier alpha value is -2.80. The van der Waals surface area contributed by atoms with E-state index in [9.17, 15) is 9.59 Å². The van der Waals surface area contributed by atoms with Gasteiger partial charge in [-0.25, -0.2) is 4.98 Å². The summed E-state index contributed by atoms with van der Waals surface area (Å²) < 4.78 is 5.75. The van der Waals surface area contributed by atoms with E-state index in [1.54, 1.807) is 18.0 Å². The van der Waals surface area contributed by atoms with Gasteiger partial charge in [-0.1, -0.05) is 42.1 Å². The number of benzene rings is 2. The van der Waals surface area contributed by atoms with Gasteiger partial charge in [-0.2, -0.15) is 0 Å². The standard InChI is InChI=1S/C22H25N3O3S/c1-4-25(5-2)20(26)14-24(3)21(27)17-11-7-6-10-16(17)15-29-22-23-18-12-8-9-13-19(18)28-22/h6-13H,4-5,14-15H2,1-3H3. The highest BCUT2D eigenvalue weighted by Gasteiger charge is 2.20. The van der Waals surface area contributed by atoms with Crippen molar-refractivity contribution in [1.82, 2.24) is 14.8 Å². The van der Waals surface area contributed by atoms with Gasteiger partial charge in [0.25, 0.3) is 11.1 Å². The lowest BCUT2D eigenvalue weighted by atomic mass is 10.1. The molecule has 0 aliphatic heterocycles. The number of oxazole rings is 1. The van der Waals surface area contributed by atoms with Gasteiger partial charge in [-0.15, -0.1) is 0 Å². The van der Waals surface area contributed by atoms with E-state index in [4.69, 9.17) is 4.42 Å². The normalized spacial score (nSPS) is 10.9. The first-order chi connectivity index (χ1) is 14.0. The van der Waals surface area contributed by atoms with Gasteiger partial charge in [0.05, 0.1) is 6.54 Å². The molecule has 0 aliphatic rings. The first-order valence-electron chi connectivity index (χ1n) is 9.63. The summed E-state index contributed by atoms with van der Waals surface area (Å²) in [4.78, 5) is 33.0. The second-order valence-electron chi connectivity index (χ2n) is 6.62. The Morgan fingerprint density at radius 1 is 1.03 bits per heavy atom. The minimum Gasteiger partial charge on any atom is -0.431 e. The van der Waals surface area contributed by atoms with E-state index in [1.807, 2.05) is 56.3 Å². The van der Waals surface area contributed by atoms with Crippen LogP contribution in [-0.2, 0) is 10.5 Å². The van der Waals surface area contributed by atoms with E-state index in [-0.39, 0.29) is 18.4 Å². The van der Waals surface area contributed by atoms with Crippen molar-refractivity contribution in [2.45, 2.75) is 24.8 Å². The molecule has 6 nitrogen and oxygen atoms in total. The zero-order chi connectivity index (χ0) is 20.8. The number of likely N-dealkylation sites (N-methyl/N-ethyl adjacent to an activating group) is 2. The number of rotatable bonds is 8. The number of para-hydroxylation sites is 2. The van der Waals surface area contributed by atoms with Crippen molar-refractivity contribution in [3.63, 3.8) is 0 Å². The molecule has 7 heteroatoms. The van der Waals surface area contributed by atoms with Gasteiger partial charge in [-0.3, -0.25) is 9.59 Å². The van der Waals surface area contributed by atoms with Gasteiger partial charge in [-0.05, 0) is 37.6 Å². The SMILES string of the molecule is CCN(CC)C(=O)CN(C)C(=O)c1ccccc1CSc1nc2ccccc2o1. The van der Waals surface area contributed by atoms with E-state index in [2.05, 4.69) is 4.98 Å². The van der Waals surface area contributed by atoms with Gasteiger partial charge in [0.2, 0.25) is 5.91 Å². The van der Waals surface area contributed by atoms with Crippen molar-refractivity contribution in [2.75, 3.05) is 26.7 Å². The number of thioether (sulfide) groups is 1. The third kappa shape index (κ3) is 4.98. The van der Waals surface area contributed by atoms with Crippen molar-refractivity contribution < 1.29 is 14.0 Å². The second kappa shape index (κ2) is 9.60. The third-order valence-electron chi connectivity index (χ3n) is 4.71. The number of carbonyl (C=O) groups excluding carboxylic acids is 2. The number of aromatic nitrogens is 1. The van der Waals surface area contributed by atoms with Crippen LogP contribution in [0.15, 0.2) is 58.2 Å². The maximum absolute atomic E-state index is 13.0. The van der Waals surface area contributed by atoms with Crippen LogP contribution in [0.4, 0.5) is 0 Å². The maximum atomic E-state index is 13.0. The summed E-state index contributed by atoms with van der Waals surface area (Å²) in [5.41, 5.74) is 3.03. The zero-order valence-electron chi connectivity index (χ0n) is 16.9. The lowest BCUT2D eigenvalue weighted by Crippen LogP contribution is -2.41. The second-order valence-corrected chi connectivity index (χ2v) is 7.55. The van der Waals surface area contributed by atoms with E-state index in [0.717, 1.165) is 16.7 Å². The van der Waals surface area contributed by atoms with Crippen LogP contribution in [0.2, 0.25) is 0 Å². The number of fused-ring (bicyclic) bond motifs is 1. The number of hydrogen-bond donors (Lipinski definition) is 0. The summed E-state index contributed by atoms with van der Waals surface area (Å²) in [5.74, 6) is 0.329. The molecule has 3 rings (SSSR count). The Morgan fingerprint density at radius 3 is 2.45 bits per heavy atom. The van der Waals surface area contributed by atoms with Crippen molar-refractivity contribution in [3.8, 4) is 0 Å². The largest absolute Gasteiger partial charge is 0.431 e. The molecule has 0 atom stereocenters. The average Bonchev–Trinajstić information content (AvgIpc) is 3.15. The molecular weight excluding hydrogens is 386 g/mol. The predicted molar refractivity (Wildman–Crippen MR) is 115 cm³/mol. The highest BCUT2D eigenvalue weighted by Crippen LogP contribution is 2.27. The lowest BCUT2D eigenvalue weighted by molar-refractivity contribution is -0.131. The van der Waals surface area contributed by atoms with Gasteiger partial charge < -0.3 is 14.2 Å². The quantitative estimate of drug-likeness (QED) is 0.523. The molecular formula is C22H25N3O3S. The number of amides is 2. The van der Waals surface area contributed by atoms with Gasteiger partial charge >= 0.3 is 0 Å². The lowest BCUT2D eigenvalue weighted by Gasteiger charge is -2.23. The molecule has 3 aromatic rings. The maximum Gasteiger partial charge on any atom is 0.257 e. The molecule has 1 heterocycles. The monoisotopic (exact) mass is 411 g/mol. The molecule has 0 aliphatic carbocycles. The van der Waals surface area contributed by atoms with Crippen LogP contribution in [0.3, 0.4) is 0 Å². The minimum absolute atomic E-state index is 0.0517. The van der Waals surface area contributed by atoms with E-state index in [0.29, 0.717) is 29.6 Å². The molecule has 29 heavy (non-hydrogen) atoms. The summed E-state index contributed by atoms with van der Waals surface area (Å²) in [6.45, 7) is 5.20. The van der Waals surface area contributed by atoms with Crippen molar-refractivity contribution in [2.24, 2.45) is 0 Å². The Labute approximate surface area is 174 Å². The van der Waals surface area contributed by atoms with Crippen LogP contribution >= 0.6 is 11.8 Å². The molecule has 1 aromatic heterocycles. The molecule has 0 spiro atoms. The van der Waals surface area contributed by atoms with Gasteiger partial charge in [0.15, 0.2) is 5.58 Å². The molecule has 152 valence electrons. The Morgan fingerprint density at radius 2 is 1.72 bits per heavy atom. The smallest absolute Gasteiger partial charge is 0.257 e. The number of carbonyl (C=O) groups is 2. The molecule has 0 saturated carbocycles. The van der Waals surface area contributed by atoms with E-state index in [1.165, 1.54) is 16.7 Å². The summed E-state index contributed by atoms with van der Waals surface area (Å²) in [7, 11) is 1.66. The van der Waals surface area contributed by atoms with Crippen molar-refractivity contribution >= 4 is 34.7 Å². The van der Waals surface area contributed by atoms with Crippen LogP contribution in [-0.4, -0.2) is 53.3 Å². The Balaban J connectivity index is 1.70. The predicted octanol–water partition coefficient (Wildman–Crippen LogP) is 4.06. The van der Waals surface area contributed by atoms with Gasteiger partial charge in [0, 0.05) is 31.5 Å². The van der Waals surface area contributed by atoms with Crippen LogP contribution in [0, 0.1) is 0 Å². The van der Waals surface area contributed by atoms with Gasteiger partial charge in [0.1, 0.15) is 5.52 Å². The molecule has 0 N–H and O–H groups in total. The third-order valence-corrected chi connectivity index (χ3v) is 5.59. The number of hydrogen-bond acceptors (Lipinski definition) is 5. The zero-order valence-corrected chi connectivity index (χ0v) is 17.7. The van der Waals surface area contributed by atoms with Crippen LogP contribution in [0.5, 0.6) is 0 Å². The minimum atomic E-state index is -0.167. The van der Waals surface area contributed by atoms with E-state index < -0.39 is 0 Å². The Kier molecular flexibility index (Phi) is 6.93. The van der Waals surface area contributed by atoms with Crippen molar-refractivity contribution in [3.05, 3.63) is 59.7 Å². The molecule has 2 amide bonds. The van der Waals surface area contributed by atoms with Crippen LogP contribution in [0.25, 0.3) is 11.1 Å². The molecule has 0 radical (unpaired) electrons. The topological polar surface area (TPSA) is 66.7 Å². The highest BCUT2D eigenvalue weighted by atomic mass is 32.2. The number of nitrogens with zero attached hydrogens (tertiary/aromatic N) is 3. The fourth-order valence-electron chi connectivity index (χ4n) is 3.06. The molecule has 0 unspecified atom stereocenters. The fourth-order valence-corrected chi connectivity index (χ4v) is 3.91. The Bertz CT molecular complexity index is 965. The average molecular weight is 412 g/mol. The summed E-state index contributed by atoms with van der Waals surface area (Å²) in [6, 6.07) is 15.1. The van der Waals surface area contributed by atoms with Crippen molar-refractivity contribution in [1.29, 1.82) is 0 Å². The molecule has 0 bridgehead atoms. The molecule has 0 saturated heterocycles. The first-order valence-corrected chi connectivity index (χ1v) is 10.6. The fraction of sp³-hybridized carbons (Fsp3) is 0.318. The molecule has 2 aromatic carbocycles. The summed E-state index contributed by atoms with van der Waals surface area (Å²) in [6.07, 6.45) is 0. The molecule has 0 fully saturated rings. The highest BCUT2D eigenvalue weighted by molar-refractivity contribution is 7.98. The summed E-state index contributed by atoms with van der Waals surface area (Å²) >= 11 is 1.44. The first kappa shape index (κ1) is 20.9. The van der Waals surface area contributed by atoms with E-state index >= 15 is 0 Å². The van der Waals surface area contributed by atoms with Crippen LogP contribution in [0.1, 0.15) is 29.8 Å².